The molecule has 1 aromatic carbocycles. The number of hydrogen-bond donors (Lipinski definition) is 1. The summed E-state index contributed by atoms with van der Waals surface area (Å²) in [6.07, 6.45) is 0. The molecule has 0 saturated carbocycles. The van der Waals surface area contributed by atoms with Gasteiger partial charge in [-0.25, -0.2) is 0 Å². The molecule has 1 N–H and O–H groups in total. The number of anilines is 1. The molecule has 3 nitrogen and oxygen atoms in total. The molecule has 17 heavy (non-hydrogen) atoms. The Bertz CT molecular complexity index is 374. The highest BCUT2D eigenvalue weighted by atomic mass is 79.9. The molecule has 1 amide bonds. The van der Waals surface area contributed by atoms with E-state index in [9.17, 15) is 4.79 Å². The molecule has 0 fully saturated rings. The fraction of sp³-hybridized carbons (Fsp3) is 0.462. The van der Waals surface area contributed by atoms with Crippen LogP contribution in [0.4, 0.5) is 5.69 Å². The monoisotopic (exact) mass is 299 g/mol. The first kappa shape index (κ1) is 14.0. The zero-order valence-corrected chi connectivity index (χ0v) is 12.0. The maximum atomic E-state index is 10.8. The summed E-state index contributed by atoms with van der Waals surface area (Å²) < 4.78 is 5.68. The topological polar surface area (TPSA) is 38.3 Å². The smallest absolute Gasteiger partial charge is 0.221 e. The van der Waals surface area contributed by atoms with Crippen LogP contribution in [-0.2, 0) is 4.79 Å². The second-order valence-corrected chi connectivity index (χ2v) is 5.35. The van der Waals surface area contributed by atoms with Gasteiger partial charge in [0.15, 0.2) is 0 Å². The third-order valence-electron chi connectivity index (χ3n) is 2.17. The SMILES string of the molecule is CC(=O)Nc1ccc(OCC(C)(C)CBr)cc1. The van der Waals surface area contributed by atoms with Gasteiger partial charge in [-0.2, -0.15) is 0 Å². The molecule has 0 aliphatic rings. The van der Waals surface area contributed by atoms with Gasteiger partial charge in [-0.3, -0.25) is 4.79 Å². The third kappa shape index (κ3) is 5.22. The highest BCUT2D eigenvalue weighted by Gasteiger charge is 2.16. The Hall–Kier alpha value is -1.03. The van der Waals surface area contributed by atoms with Gasteiger partial charge >= 0.3 is 0 Å². The van der Waals surface area contributed by atoms with Gasteiger partial charge in [0, 0.05) is 23.4 Å². The summed E-state index contributed by atoms with van der Waals surface area (Å²) in [5.41, 5.74) is 0.889. The fourth-order valence-electron chi connectivity index (χ4n) is 1.16. The van der Waals surface area contributed by atoms with Crippen molar-refractivity contribution in [3.05, 3.63) is 24.3 Å². The zero-order chi connectivity index (χ0) is 12.9. The molecule has 0 radical (unpaired) electrons. The van der Waals surface area contributed by atoms with Crippen LogP contribution in [0.25, 0.3) is 0 Å². The van der Waals surface area contributed by atoms with Crippen molar-refractivity contribution in [2.45, 2.75) is 20.8 Å². The standard InChI is InChI=1S/C13H18BrNO2/c1-10(16)15-11-4-6-12(7-5-11)17-9-13(2,3)8-14/h4-7H,8-9H2,1-3H3,(H,15,16). The maximum Gasteiger partial charge on any atom is 0.221 e. The summed E-state index contributed by atoms with van der Waals surface area (Å²) >= 11 is 3.46. The van der Waals surface area contributed by atoms with E-state index in [4.69, 9.17) is 4.74 Å². The predicted octanol–water partition coefficient (Wildman–Crippen LogP) is 3.44. The van der Waals surface area contributed by atoms with Crippen molar-refractivity contribution < 1.29 is 9.53 Å². The lowest BCUT2D eigenvalue weighted by molar-refractivity contribution is -0.114. The Kier molecular flexibility index (Phi) is 5.00. The van der Waals surface area contributed by atoms with Crippen molar-refractivity contribution in [3.8, 4) is 5.75 Å². The normalized spacial score (nSPS) is 11.1. The first-order valence-corrected chi connectivity index (χ1v) is 6.61. The summed E-state index contributed by atoms with van der Waals surface area (Å²) in [4.78, 5) is 10.8. The van der Waals surface area contributed by atoms with Gasteiger partial charge in [-0.15, -0.1) is 0 Å². The van der Waals surface area contributed by atoms with E-state index in [-0.39, 0.29) is 11.3 Å². The molecule has 0 bridgehead atoms. The number of nitrogens with one attached hydrogen (secondary N) is 1. The molecule has 4 heteroatoms. The van der Waals surface area contributed by atoms with E-state index < -0.39 is 0 Å². The lowest BCUT2D eigenvalue weighted by atomic mass is 9.98. The quantitative estimate of drug-likeness (QED) is 0.846. The Morgan fingerprint density at radius 2 is 1.94 bits per heavy atom. The molecule has 0 aromatic heterocycles. The largest absolute Gasteiger partial charge is 0.493 e. The van der Waals surface area contributed by atoms with Crippen LogP contribution in [0.3, 0.4) is 0 Å². The molecule has 94 valence electrons. The molecule has 1 rings (SSSR count). The van der Waals surface area contributed by atoms with E-state index in [1.54, 1.807) is 0 Å². The van der Waals surface area contributed by atoms with Gasteiger partial charge in [0.05, 0.1) is 6.61 Å². The summed E-state index contributed by atoms with van der Waals surface area (Å²) in [6, 6.07) is 7.38. The van der Waals surface area contributed by atoms with Crippen molar-refractivity contribution >= 4 is 27.5 Å². The lowest BCUT2D eigenvalue weighted by Gasteiger charge is -2.21. The number of carbonyl (C=O) groups is 1. The number of carbonyl (C=O) groups excluding carboxylic acids is 1. The molecule has 0 saturated heterocycles. The average molecular weight is 300 g/mol. The zero-order valence-electron chi connectivity index (χ0n) is 10.4. The first-order chi connectivity index (χ1) is 7.93. The number of benzene rings is 1. The van der Waals surface area contributed by atoms with Crippen molar-refractivity contribution in [1.82, 2.24) is 0 Å². The Morgan fingerprint density at radius 3 is 2.41 bits per heavy atom. The van der Waals surface area contributed by atoms with Crippen LogP contribution in [0.5, 0.6) is 5.75 Å². The van der Waals surface area contributed by atoms with Gasteiger partial charge in [0.1, 0.15) is 5.75 Å². The van der Waals surface area contributed by atoms with E-state index in [0.29, 0.717) is 6.61 Å². The molecular weight excluding hydrogens is 282 g/mol. The number of rotatable bonds is 5. The van der Waals surface area contributed by atoms with Gasteiger partial charge in [-0.1, -0.05) is 29.8 Å². The number of halogens is 1. The van der Waals surface area contributed by atoms with Crippen LogP contribution >= 0.6 is 15.9 Å². The number of alkyl halides is 1. The van der Waals surface area contributed by atoms with Crippen LogP contribution in [0.15, 0.2) is 24.3 Å². The summed E-state index contributed by atoms with van der Waals surface area (Å²) in [6.45, 7) is 6.40. The van der Waals surface area contributed by atoms with Gasteiger partial charge in [-0.05, 0) is 24.3 Å². The Labute approximate surface area is 111 Å². The van der Waals surface area contributed by atoms with Crippen molar-refractivity contribution in [1.29, 1.82) is 0 Å². The van der Waals surface area contributed by atoms with Crippen LogP contribution in [0, 0.1) is 5.41 Å². The van der Waals surface area contributed by atoms with E-state index in [1.807, 2.05) is 24.3 Å². The van der Waals surface area contributed by atoms with Crippen molar-refractivity contribution in [3.63, 3.8) is 0 Å². The minimum absolute atomic E-state index is 0.0703. The predicted molar refractivity (Wildman–Crippen MR) is 73.8 cm³/mol. The maximum absolute atomic E-state index is 10.8. The van der Waals surface area contributed by atoms with Gasteiger partial charge in [0.2, 0.25) is 5.91 Å². The highest BCUT2D eigenvalue weighted by Crippen LogP contribution is 2.22. The molecule has 0 unspecified atom stereocenters. The lowest BCUT2D eigenvalue weighted by Crippen LogP contribution is -2.22. The molecule has 0 heterocycles. The minimum atomic E-state index is -0.0703. The molecule has 0 spiro atoms. The Morgan fingerprint density at radius 1 is 1.35 bits per heavy atom. The van der Waals surface area contributed by atoms with E-state index in [2.05, 4.69) is 35.1 Å². The molecule has 0 aliphatic carbocycles. The number of amides is 1. The minimum Gasteiger partial charge on any atom is -0.493 e. The first-order valence-electron chi connectivity index (χ1n) is 5.49. The van der Waals surface area contributed by atoms with Crippen molar-refractivity contribution in [2.24, 2.45) is 5.41 Å². The summed E-state index contributed by atoms with van der Waals surface area (Å²) in [7, 11) is 0. The van der Waals surface area contributed by atoms with Gasteiger partial charge in [0.25, 0.3) is 0 Å². The summed E-state index contributed by atoms with van der Waals surface area (Å²) in [5, 5.41) is 3.61. The van der Waals surface area contributed by atoms with E-state index >= 15 is 0 Å². The molecule has 0 atom stereocenters. The van der Waals surface area contributed by atoms with Crippen LogP contribution in [0.1, 0.15) is 20.8 Å². The van der Waals surface area contributed by atoms with E-state index in [0.717, 1.165) is 16.8 Å². The molecular formula is C13H18BrNO2. The highest BCUT2D eigenvalue weighted by molar-refractivity contribution is 9.09. The van der Waals surface area contributed by atoms with Gasteiger partial charge < -0.3 is 10.1 Å². The van der Waals surface area contributed by atoms with Crippen molar-refractivity contribution in [2.75, 3.05) is 17.3 Å². The average Bonchev–Trinajstić information content (AvgIpc) is 2.28. The second kappa shape index (κ2) is 6.05. The number of hydrogen-bond acceptors (Lipinski definition) is 2. The Balaban J connectivity index is 2.54. The van der Waals surface area contributed by atoms with E-state index in [1.165, 1.54) is 6.92 Å². The van der Waals surface area contributed by atoms with Crippen LogP contribution in [-0.4, -0.2) is 17.8 Å². The second-order valence-electron chi connectivity index (χ2n) is 4.79. The summed E-state index contributed by atoms with van der Waals surface area (Å²) in [5.74, 6) is 0.743. The van der Waals surface area contributed by atoms with Crippen LogP contribution in [0.2, 0.25) is 0 Å². The van der Waals surface area contributed by atoms with Crippen LogP contribution < -0.4 is 10.1 Å². The third-order valence-corrected chi connectivity index (χ3v) is 3.68. The fourth-order valence-corrected chi connectivity index (χ4v) is 1.32. The number of ether oxygens (including phenoxy) is 1. The molecule has 1 aromatic rings. The molecule has 0 aliphatic heterocycles.